The number of ether oxygens (including phenoxy) is 2. The zero-order chi connectivity index (χ0) is 13.8. The number of amides is 1. The first kappa shape index (κ1) is 17.3. The van der Waals surface area contributed by atoms with Crippen LogP contribution in [0.4, 0.5) is 0 Å². The maximum atomic E-state index is 11.9. The van der Waals surface area contributed by atoms with Gasteiger partial charge in [0.25, 0.3) is 0 Å². The van der Waals surface area contributed by atoms with Crippen molar-refractivity contribution in [3.63, 3.8) is 0 Å². The van der Waals surface area contributed by atoms with Gasteiger partial charge in [0, 0.05) is 26.7 Å². The highest BCUT2D eigenvalue weighted by molar-refractivity contribution is 5.77. The van der Waals surface area contributed by atoms with E-state index in [1.165, 1.54) is 0 Å². The van der Waals surface area contributed by atoms with Crippen LogP contribution in [0.25, 0.3) is 0 Å². The minimum absolute atomic E-state index is 0.000689. The molecule has 0 spiro atoms. The van der Waals surface area contributed by atoms with Gasteiger partial charge >= 0.3 is 0 Å². The van der Waals surface area contributed by atoms with Crippen LogP contribution < -0.4 is 5.73 Å². The second kappa shape index (κ2) is 11.4. The molecule has 0 heterocycles. The second-order valence-corrected chi connectivity index (χ2v) is 4.37. The van der Waals surface area contributed by atoms with Crippen LogP contribution in [0, 0.1) is 0 Å². The lowest BCUT2D eigenvalue weighted by Gasteiger charge is -2.23. The van der Waals surface area contributed by atoms with Crippen LogP contribution in [0.3, 0.4) is 0 Å². The van der Waals surface area contributed by atoms with Crippen molar-refractivity contribution in [3.8, 4) is 0 Å². The number of hydrogen-bond donors (Lipinski definition) is 1. The molecule has 0 aromatic heterocycles. The van der Waals surface area contributed by atoms with Gasteiger partial charge in [-0.15, -0.1) is 0 Å². The lowest BCUT2D eigenvalue weighted by molar-refractivity contribution is -0.136. The Morgan fingerprint density at radius 2 is 1.89 bits per heavy atom. The van der Waals surface area contributed by atoms with Crippen LogP contribution >= 0.6 is 0 Å². The van der Waals surface area contributed by atoms with E-state index < -0.39 is 0 Å². The summed E-state index contributed by atoms with van der Waals surface area (Å²) in [6, 6.07) is 0. The second-order valence-electron chi connectivity index (χ2n) is 4.37. The molecule has 0 saturated heterocycles. The van der Waals surface area contributed by atoms with Gasteiger partial charge in [-0.25, -0.2) is 0 Å². The number of carbonyl (C=O) groups is 1. The monoisotopic (exact) mass is 261 g/mol. The smallest absolute Gasteiger partial charge is 0.248 e. The Hall–Kier alpha value is -0.690. The fraction of sp³-hybridized carbons (Fsp3) is 0.917. The van der Waals surface area contributed by atoms with E-state index in [1.54, 1.807) is 12.0 Å². The van der Waals surface area contributed by atoms with Crippen LogP contribution in [-0.2, 0) is 14.3 Å². The highest BCUT2D eigenvalue weighted by Crippen LogP contribution is 1.96. The van der Waals surface area contributed by atoms with E-state index in [-0.39, 0.29) is 12.5 Å². The Labute approximate surface area is 110 Å². The van der Waals surface area contributed by atoms with E-state index in [1.807, 2.05) is 14.1 Å². The molecule has 0 saturated carbocycles. The molecule has 0 aliphatic carbocycles. The minimum Gasteiger partial charge on any atom is -0.383 e. The number of hydrogen-bond acceptors (Lipinski definition) is 5. The van der Waals surface area contributed by atoms with Gasteiger partial charge in [0.1, 0.15) is 6.61 Å². The SMILES string of the molecule is COCCN(CCCN(C)C)C(=O)COCCN. The highest BCUT2D eigenvalue weighted by Gasteiger charge is 2.12. The highest BCUT2D eigenvalue weighted by atomic mass is 16.5. The first-order valence-corrected chi connectivity index (χ1v) is 6.31. The molecular formula is C12H27N3O3. The van der Waals surface area contributed by atoms with E-state index in [0.29, 0.717) is 26.3 Å². The van der Waals surface area contributed by atoms with Gasteiger partial charge in [0.2, 0.25) is 5.91 Å². The summed E-state index contributed by atoms with van der Waals surface area (Å²) in [7, 11) is 5.67. The number of methoxy groups -OCH3 is 1. The van der Waals surface area contributed by atoms with E-state index in [4.69, 9.17) is 15.2 Å². The summed E-state index contributed by atoms with van der Waals surface area (Å²) in [5.41, 5.74) is 5.31. The summed E-state index contributed by atoms with van der Waals surface area (Å²) in [4.78, 5) is 15.8. The summed E-state index contributed by atoms with van der Waals surface area (Å²) in [6.07, 6.45) is 0.944. The summed E-state index contributed by atoms with van der Waals surface area (Å²) >= 11 is 0. The molecule has 18 heavy (non-hydrogen) atoms. The predicted octanol–water partition coefficient (Wildman–Crippen LogP) is -0.612. The maximum Gasteiger partial charge on any atom is 0.248 e. The van der Waals surface area contributed by atoms with E-state index in [9.17, 15) is 4.79 Å². The van der Waals surface area contributed by atoms with Gasteiger partial charge in [0.15, 0.2) is 0 Å². The molecule has 1 amide bonds. The standard InChI is InChI=1S/C12H27N3O3/c1-14(2)6-4-7-15(8-10-17-3)12(16)11-18-9-5-13/h4-11,13H2,1-3H3. The van der Waals surface area contributed by atoms with Crippen LogP contribution in [0.5, 0.6) is 0 Å². The largest absolute Gasteiger partial charge is 0.383 e. The predicted molar refractivity (Wildman–Crippen MR) is 71.5 cm³/mol. The fourth-order valence-corrected chi connectivity index (χ4v) is 1.47. The molecule has 0 rings (SSSR count). The average molecular weight is 261 g/mol. The molecule has 6 nitrogen and oxygen atoms in total. The Bertz CT molecular complexity index is 213. The van der Waals surface area contributed by atoms with Crippen molar-refractivity contribution in [3.05, 3.63) is 0 Å². The van der Waals surface area contributed by atoms with Gasteiger partial charge in [0.05, 0.1) is 13.2 Å². The van der Waals surface area contributed by atoms with Gasteiger partial charge in [-0.3, -0.25) is 4.79 Å². The summed E-state index contributed by atoms with van der Waals surface area (Å²) < 4.78 is 10.2. The van der Waals surface area contributed by atoms with Crippen molar-refractivity contribution >= 4 is 5.91 Å². The van der Waals surface area contributed by atoms with Gasteiger partial charge in [-0.2, -0.15) is 0 Å². The van der Waals surface area contributed by atoms with Crippen molar-refractivity contribution in [2.24, 2.45) is 5.73 Å². The zero-order valence-electron chi connectivity index (χ0n) is 11.9. The summed E-state index contributed by atoms with van der Waals surface area (Å²) in [6.45, 7) is 3.79. The average Bonchev–Trinajstić information content (AvgIpc) is 2.33. The van der Waals surface area contributed by atoms with Crippen LogP contribution in [0.1, 0.15) is 6.42 Å². The third-order valence-electron chi connectivity index (χ3n) is 2.44. The number of rotatable bonds is 11. The third kappa shape index (κ3) is 9.35. The molecule has 0 fully saturated rings. The molecule has 0 unspecified atom stereocenters. The van der Waals surface area contributed by atoms with E-state index in [0.717, 1.165) is 19.5 Å². The Morgan fingerprint density at radius 3 is 2.44 bits per heavy atom. The van der Waals surface area contributed by atoms with Crippen LogP contribution in [-0.4, -0.2) is 82.9 Å². The topological polar surface area (TPSA) is 68.0 Å². The first-order valence-electron chi connectivity index (χ1n) is 6.31. The van der Waals surface area contributed by atoms with Crippen LogP contribution in [0.15, 0.2) is 0 Å². The Balaban J connectivity index is 3.98. The third-order valence-corrected chi connectivity index (χ3v) is 2.44. The molecule has 0 radical (unpaired) electrons. The molecule has 0 atom stereocenters. The van der Waals surface area contributed by atoms with Crippen molar-refractivity contribution < 1.29 is 14.3 Å². The molecule has 0 aliphatic heterocycles. The molecular weight excluding hydrogens is 234 g/mol. The number of nitrogens with two attached hydrogens (primary N) is 1. The molecule has 6 heteroatoms. The molecule has 108 valence electrons. The van der Waals surface area contributed by atoms with Crippen molar-refractivity contribution in [2.45, 2.75) is 6.42 Å². The van der Waals surface area contributed by atoms with E-state index in [2.05, 4.69) is 4.90 Å². The first-order chi connectivity index (χ1) is 8.61. The summed E-state index contributed by atoms with van der Waals surface area (Å²) in [5.74, 6) is -0.000689. The van der Waals surface area contributed by atoms with Gasteiger partial charge < -0.3 is 25.0 Å². The minimum atomic E-state index is -0.000689. The molecule has 0 aliphatic rings. The Kier molecular flexibility index (Phi) is 11.0. The van der Waals surface area contributed by atoms with Crippen molar-refractivity contribution in [1.82, 2.24) is 9.80 Å². The van der Waals surface area contributed by atoms with Crippen LogP contribution in [0.2, 0.25) is 0 Å². The van der Waals surface area contributed by atoms with E-state index >= 15 is 0 Å². The molecule has 2 N–H and O–H groups in total. The number of nitrogens with zero attached hydrogens (tertiary/aromatic N) is 2. The molecule has 0 aromatic carbocycles. The Morgan fingerprint density at radius 1 is 1.17 bits per heavy atom. The quantitative estimate of drug-likeness (QED) is 0.503. The van der Waals surface area contributed by atoms with Crippen molar-refractivity contribution in [2.75, 3.05) is 67.2 Å². The fourth-order valence-electron chi connectivity index (χ4n) is 1.47. The lowest BCUT2D eigenvalue weighted by Crippen LogP contribution is -2.38. The van der Waals surface area contributed by atoms with Gasteiger partial charge in [-0.1, -0.05) is 0 Å². The van der Waals surface area contributed by atoms with Crippen molar-refractivity contribution in [1.29, 1.82) is 0 Å². The summed E-state index contributed by atoms with van der Waals surface area (Å²) in [5, 5.41) is 0. The molecule has 0 bridgehead atoms. The van der Waals surface area contributed by atoms with Gasteiger partial charge in [-0.05, 0) is 27.1 Å². The normalized spacial score (nSPS) is 10.9. The maximum absolute atomic E-state index is 11.9. The number of carbonyl (C=O) groups excluding carboxylic acids is 1. The zero-order valence-corrected chi connectivity index (χ0v) is 11.9. The lowest BCUT2D eigenvalue weighted by atomic mass is 10.3. The molecule has 0 aromatic rings.